The third kappa shape index (κ3) is 5.51. The molecule has 1 amide bonds. The molecule has 3 rings (SSSR count). The van der Waals surface area contributed by atoms with Gasteiger partial charge in [0.15, 0.2) is 0 Å². The van der Waals surface area contributed by atoms with Crippen molar-refractivity contribution >= 4 is 29.3 Å². The van der Waals surface area contributed by atoms with Crippen LogP contribution in [0.1, 0.15) is 30.6 Å². The van der Waals surface area contributed by atoms with Gasteiger partial charge in [-0.2, -0.15) is 0 Å². The molecule has 0 bridgehead atoms. The zero-order valence-corrected chi connectivity index (χ0v) is 20.4. The van der Waals surface area contributed by atoms with E-state index in [9.17, 15) is 14.7 Å². The van der Waals surface area contributed by atoms with E-state index in [0.29, 0.717) is 25.3 Å². The maximum atomic E-state index is 14.3. The highest BCUT2D eigenvalue weighted by Crippen LogP contribution is 2.53. The monoisotopic (exact) mass is 472 g/mol. The van der Waals surface area contributed by atoms with Crippen molar-refractivity contribution < 1.29 is 24.2 Å². The summed E-state index contributed by atoms with van der Waals surface area (Å²) in [6, 6.07) is 15.2. The van der Waals surface area contributed by atoms with Crippen molar-refractivity contribution in [1.29, 1.82) is 0 Å². The second-order valence-corrected chi connectivity index (χ2v) is 9.46. The number of esters is 1. The molecule has 0 saturated carbocycles. The molecule has 2 atom stereocenters. The molecule has 1 N–H and O–H groups in total. The number of thioether (sulfide) groups is 1. The Bertz CT molecular complexity index is 966. The van der Waals surface area contributed by atoms with Gasteiger partial charge in [-0.3, -0.25) is 9.59 Å². The summed E-state index contributed by atoms with van der Waals surface area (Å²) in [5.41, 5.74) is 0.169. The minimum atomic E-state index is -1.47. The molecule has 0 aliphatic carbocycles. The summed E-state index contributed by atoms with van der Waals surface area (Å²) in [7, 11) is 5.50. The van der Waals surface area contributed by atoms with Crippen molar-refractivity contribution in [2.75, 3.05) is 45.8 Å². The smallest absolute Gasteiger partial charge is 0.303 e. The number of fused-ring (bicyclic) bond motifs is 1. The molecule has 7 nitrogen and oxygen atoms in total. The fourth-order valence-corrected chi connectivity index (χ4v) is 5.53. The molecule has 1 heterocycles. The van der Waals surface area contributed by atoms with Gasteiger partial charge in [0, 0.05) is 37.9 Å². The van der Waals surface area contributed by atoms with Gasteiger partial charge in [0.05, 0.1) is 18.0 Å². The molecule has 0 radical (unpaired) electrons. The Balaban J connectivity index is 2.21. The van der Waals surface area contributed by atoms with Crippen molar-refractivity contribution in [2.24, 2.45) is 0 Å². The van der Waals surface area contributed by atoms with Gasteiger partial charge in [0.25, 0.3) is 5.91 Å². The highest BCUT2D eigenvalue weighted by atomic mass is 32.2. The summed E-state index contributed by atoms with van der Waals surface area (Å²) in [5.74, 6) is -0.102. The van der Waals surface area contributed by atoms with Crippen LogP contribution in [0.15, 0.2) is 53.4 Å². The minimum Gasteiger partial charge on any atom is -0.497 e. The predicted octanol–water partition coefficient (Wildman–Crippen LogP) is 3.51. The lowest BCUT2D eigenvalue weighted by molar-refractivity contribution is -0.167. The topological polar surface area (TPSA) is 79.3 Å². The number of carbonyl (C=O) groups is 2. The highest BCUT2D eigenvalue weighted by Gasteiger charge is 2.54. The largest absolute Gasteiger partial charge is 0.497 e. The quantitative estimate of drug-likeness (QED) is 0.560. The second-order valence-electron chi connectivity index (χ2n) is 8.31. The molecule has 178 valence electrons. The summed E-state index contributed by atoms with van der Waals surface area (Å²) in [5, 5.41) is 9.14. The predicted molar refractivity (Wildman–Crippen MR) is 130 cm³/mol. The molecule has 0 fully saturated rings. The fraction of sp³-hybridized carbons (Fsp3) is 0.440. The normalized spacial score (nSPS) is 20.4. The maximum Gasteiger partial charge on any atom is 0.303 e. The van der Waals surface area contributed by atoms with Crippen LogP contribution in [0.4, 0.5) is 5.69 Å². The minimum absolute atomic E-state index is 0.110. The number of hydrogen-bond acceptors (Lipinski definition) is 7. The zero-order chi connectivity index (χ0) is 24.0. The number of nitrogens with zero attached hydrogens (tertiary/aromatic N) is 2. The molecule has 2 aromatic carbocycles. The standard InChI is InChI=1S/C25H32N2O5S/c1-18(29)32-25(14-7-17-28)23(19-10-12-20(31-4)13-11-19)33-22-9-6-5-8-21(22)27(24(25)30)16-15-26(2)3/h5-6,8-13,23,28H,7,14-17H2,1-4H3/t23-,25+/m0/s1. The number of carbonyl (C=O) groups excluding carboxylic acids is 2. The van der Waals surface area contributed by atoms with Crippen molar-refractivity contribution in [3.05, 3.63) is 54.1 Å². The lowest BCUT2D eigenvalue weighted by atomic mass is 9.87. The lowest BCUT2D eigenvalue weighted by Crippen LogP contribution is -2.55. The number of hydrogen-bond donors (Lipinski definition) is 1. The second kappa shape index (κ2) is 11.0. The van der Waals surface area contributed by atoms with Crippen molar-refractivity contribution in [2.45, 2.75) is 35.5 Å². The maximum absolute atomic E-state index is 14.3. The lowest BCUT2D eigenvalue weighted by Gasteiger charge is -2.39. The number of aliphatic hydroxyl groups excluding tert-OH is 1. The Labute approximate surface area is 199 Å². The molecule has 0 saturated heterocycles. The first kappa shape index (κ1) is 25.1. The molecular weight excluding hydrogens is 440 g/mol. The SMILES string of the molecule is COc1ccc([C@@H]2Sc3ccccc3N(CCN(C)C)C(=O)[C@]2(CCCO)OC(C)=O)cc1. The summed E-state index contributed by atoms with van der Waals surface area (Å²) in [6.45, 7) is 2.31. The van der Waals surface area contributed by atoms with Crippen LogP contribution in [-0.4, -0.2) is 68.4 Å². The number of likely N-dealkylation sites (N-methyl/N-ethyl adjacent to an activating group) is 1. The molecular formula is C25H32N2O5S. The first-order valence-corrected chi connectivity index (χ1v) is 11.9. The Morgan fingerprint density at radius 2 is 1.88 bits per heavy atom. The Morgan fingerprint density at radius 1 is 1.18 bits per heavy atom. The van der Waals surface area contributed by atoms with Crippen LogP contribution in [0, 0.1) is 0 Å². The molecule has 8 heteroatoms. The van der Waals surface area contributed by atoms with E-state index in [1.807, 2.05) is 67.5 Å². The van der Waals surface area contributed by atoms with Gasteiger partial charge in [-0.15, -0.1) is 11.8 Å². The van der Waals surface area contributed by atoms with Crippen LogP contribution >= 0.6 is 11.8 Å². The van der Waals surface area contributed by atoms with Gasteiger partial charge in [0.1, 0.15) is 5.75 Å². The number of para-hydroxylation sites is 1. The number of rotatable bonds is 9. The van der Waals surface area contributed by atoms with E-state index in [1.54, 1.807) is 12.0 Å². The van der Waals surface area contributed by atoms with E-state index < -0.39 is 16.8 Å². The molecule has 0 aromatic heterocycles. The van der Waals surface area contributed by atoms with E-state index in [4.69, 9.17) is 9.47 Å². The van der Waals surface area contributed by atoms with Crippen LogP contribution in [0.5, 0.6) is 5.75 Å². The van der Waals surface area contributed by atoms with Gasteiger partial charge in [0.2, 0.25) is 5.60 Å². The Morgan fingerprint density at radius 3 is 2.48 bits per heavy atom. The number of aliphatic hydroxyl groups is 1. The first-order valence-electron chi connectivity index (χ1n) is 11.0. The molecule has 0 spiro atoms. The van der Waals surface area contributed by atoms with E-state index >= 15 is 0 Å². The van der Waals surface area contributed by atoms with Crippen LogP contribution in [-0.2, 0) is 14.3 Å². The van der Waals surface area contributed by atoms with E-state index in [-0.39, 0.29) is 18.9 Å². The fourth-order valence-electron chi connectivity index (χ4n) is 4.07. The van der Waals surface area contributed by atoms with Gasteiger partial charge >= 0.3 is 5.97 Å². The average Bonchev–Trinajstić information content (AvgIpc) is 2.89. The summed E-state index contributed by atoms with van der Waals surface area (Å²) < 4.78 is 11.3. The Kier molecular flexibility index (Phi) is 8.40. The average molecular weight is 473 g/mol. The van der Waals surface area contributed by atoms with Gasteiger partial charge in [-0.05, 0) is 50.3 Å². The van der Waals surface area contributed by atoms with Crippen LogP contribution in [0.25, 0.3) is 0 Å². The van der Waals surface area contributed by atoms with Crippen molar-refractivity contribution in [3.8, 4) is 5.75 Å². The molecule has 0 unspecified atom stereocenters. The number of anilines is 1. The third-order valence-corrected chi connectivity index (χ3v) is 7.14. The zero-order valence-electron chi connectivity index (χ0n) is 19.6. The molecule has 1 aliphatic heterocycles. The molecule has 33 heavy (non-hydrogen) atoms. The van der Waals surface area contributed by atoms with Gasteiger partial charge in [-0.25, -0.2) is 0 Å². The van der Waals surface area contributed by atoms with Gasteiger partial charge < -0.3 is 24.4 Å². The summed E-state index contributed by atoms with van der Waals surface area (Å²) in [4.78, 5) is 31.3. The Hall–Kier alpha value is -2.55. The number of amides is 1. The van der Waals surface area contributed by atoms with Gasteiger partial charge in [-0.1, -0.05) is 24.3 Å². The van der Waals surface area contributed by atoms with E-state index in [0.717, 1.165) is 16.1 Å². The van der Waals surface area contributed by atoms with E-state index in [1.165, 1.54) is 18.7 Å². The molecule has 2 aromatic rings. The number of methoxy groups -OCH3 is 1. The van der Waals surface area contributed by atoms with Crippen LogP contribution in [0.2, 0.25) is 0 Å². The summed E-state index contributed by atoms with van der Waals surface area (Å²) in [6.07, 6.45) is 0.530. The third-order valence-electron chi connectivity index (χ3n) is 5.65. The number of benzene rings is 2. The number of ether oxygens (including phenoxy) is 2. The van der Waals surface area contributed by atoms with Crippen molar-refractivity contribution in [3.63, 3.8) is 0 Å². The molecule has 1 aliphatic rings. The van der Waals surface area contributed by atoms with Crippen LogP contribution < -0.4 is 9.64 Å². The summed E-state index contributed by atoms with van der Waals surface area (Å²) >= 11 is 1.51. The van der Waals surface area contributed by atoms with Crippen LogP contribution in [0.3, 0.4) is 0 Å². The van der Waals surface area contributed by atoms with E-state index in [2.05, 4.69) is 0 Å². The van der Waals surface area contributed by atoms with Crippen molar-refractivity contribution in [1.82, 2.24) is 4.90 Å². The first-order chi connectivity index (χ1) is 15.8. The highest BCUT2D eigenvalue weighted by molar-refractivity contribution is 7.99.